The van der Waals surface area contributed by atoms with Gasteiger partial charge in [0.25, 0.3) is 5.91 Å². The van der Waals surface area contributed by atoms with Crippen LogP contribution >= 0.6 is 15.9 Å². The van der Waals surface area contributed by atoms with Crippen molar-refractivity contribution in [1.82, 2.24) is 0 Å². The number of fused-ring (bicyclic) bond motifs is 2. The van der Waals surface area contributed by atoms with Gasteiger partial charge in [0.15, 0.2) is 0 Å². The zero-order valence-electron chi connectivity index (χ0n) is 16.7. The fourth-order valence-corrected chi connectivity index (χ4v) is 4.99. The van der Waals surface area contributed by atoms with Crippen LogP contribution in [0.5, 0.6) is 0 Å². The van der Waals surface area contributed by atoms with Crippen LogP contribution in [-0.4, -0.2) is 17.7 Å². The highest BCUT2D eigenvalue weighted by atomic mass is 79.9. The van der Waals surface area contributed by atoms with Gasteiger partial charge >= 0.3 is 0 Å². The van der Waals surface area contributed by atoms with E-state index in [1.54, 1.807) is 30.3 Å². The molecular formula is C23H23BrN2O3. The van der Waals surface area contributed by atoms with Gasteiger partial charge in [-0.25, -0.2) is 4.90 Å². The number of hydrogen-bond acceptors (Lipinski definition) is 3. The van der Waals surface area contributed by atoms with E-state index in [-0.39, 0.29) is 29.1 Å². The molecule has 1 N–H and O–H groups in total. The zero-order chi connectivity index (χ0) is 21.0. The van der Waals surface area contributed by atoms with Crippen molar-refractivity contribution in [3.63, 3.8) is 0 Å². The van der Waals surface area contributed by atoms with Gasteiger partial charge < -0.3 is 5.32 Å². The molecule has 1 aliphatic carbocycles. The Bertz CT molecular complexity index is 1020. The number of nitrogens with one attached hydrogen (secondary N) is 1. The van der Waals surface area contributed by atoms with Crippen molar-refractivity contribution in [2.75, 3.05) is 10.2 Å². The van der Waals surface area contributed by atoms with E-state index in [0.29, 0.717) is 16.9 Å². The van der Waals surface area contributed by atoms with E-state index < -0.39 is 5.41 Å². The van der Waals surface area contributed by atoms with Crippen molar-refractivity contribution in [2.24, 2.45) is 16.7 Å². The molecule has 150 valence electrons. The van der Waals surface area contributed by atoms with Crippen LogP contribution in [0.4, 0.5) is 11.4 Å². The van der Waals surface area contributed by atoms with Gasteiger partial charge in [0.1, 0.15) is 0 Å². The van der Waals surface area contributed by atoms with Crippen LogP contribution in [0.2, 0.25) is 0 Å². The highest BCUT2D eigenvalue weighted by Crippen LogP contribution is 2.60. The maximum absolute atomic E-state index is 13.2. The average molecular weight is 455 g/mol. The average Bonchev–Trinajstić information content (AvgIpc) is 2.85. The molecular weight excluding hydrogens is 432 g/mol. The molecule has 5 nitrogen and oxygen atoms in total. The van der Waals surface area contributed by atoms with E-state index in [1.807, 2.05) is 39.0 Å². The van der Waals surface area contributed by atoms with E-state index in [0.717, 1.165) is 17.3 Å². The molecule has 6 heteroatoms. The third kappa shape index (κ3) is 3.01. The van der Waals surface area contributed by atoms with E-state index in [2.05, 4.69) is 21.2 Å². The molecule has 2 aliphatic rings. The number of benzene rings is 2. The summed E-state index contributed by atoms with van der Waals surface area (Å²) in [6, 6.07) is 14.0. The first kappa shape index (κ1) is 19.8. The van der Waals surface area contributed by atoms with Gasteiger partial charge in [0.05, 0.1) is 11.1 Å². The smallest absolute Gasteiger partial charge is 0.255 e. The van der Waals surface area contributed by atoms with Gasteiger partial charge in [0.2, 0.25) is 11.8 Å². The number of rotatable bonds is 3. The van der Waals surface area contributed by atoms with Gasteiger partial charge in [-0.2, -0.15) is 0 Å². The minimum Gasteiger partial charge on any atom is -0.322 e. The number of hydrogen-bond donors (Lipinski definition) is 1. The number of piperidine rings is 1. The Kier molecular flexibility index (Phi) is 4.65. The molecule has 2 aromatic rings. The fourth-order valence-electron chi connectivity index (χ4n) is 4.59. The maximum Gasteiger partial charge on any atom is 0.255 e. The Balaban J connectivity index is 1.57. The van der Waals surface area contributed by atoms with E-state index in [4.69, 9.17) is 0 Å². The molecule has 2 fully saturated rings. The van der Waals surface area contributed by atoms with Crippen LogP contribution in [0.15, 0.2) is 53.0 Å². The van der Waals surface area contributed by atoms with Crippen molar-refractivity contribution in [2.45, 2.75) is 33.6 Å². The second-order valence-corrected chi connectivity index (χ2v) is 9.55. The van der Waals surface area contributed by atoms with Crippen molar-refractivity contribution in [3.8, 4) is 0 Å². The van der Waals surface area contributed by atoms with Gasteiger partial charge in [-0.1, -0.05) is 42.8 Å². The molecule has 3 amide bonds. The molecule has 0 unspecified atom stereocenters. The largest absolute Gasteiger partial charge is 0.322 e. The molecule has 1 saturated heterocycles. The SMILES string of the molecule is CC1(C)[C@H]2CC[C@]1(C)C(=O)N(c1ccc(C(=O)Nc3cccc(Br)c3)cc1)C2=O. The van der Waals surface area contributed by atoms with Gasteiger partial charge in [-0.3, -0.25) is 14.4 Å². The van der Waals surface area contributed by atoms with Crippen molar-refractivity contribution in [1.29, 1.82) is 0 Å². The summed E-state index contributed by atoms with van der Waals surface area (Å²) in [4.78, 5) is 40.1. The predicted octanol–water partition coefficient (Wildman–Crippen LogP) is 5.02. The quantitative estimate of drug-likeness (QED) is 0.662. The zero-order valence-corrected chi connectivity index (χ0v) is 18.2. The number of nitrogens with zero attached hydrogens (tertiary/aromatic N) is 1. The summed E-state index contributed by atoms with van der Waals surface area (Å²) in [6.45, 7) is 6.01. The third-order valence-electron chi connectivity index (χ3n) is 6.89. The summed E-state index contributed by atoms with van der Waals surface area (Å²) >= 11 is 3.38. The summed E-state index contributed by atoms with van der Waals surface area (Å²) in [5.74, 6) is -0.697. The minimum absolute atomic E-state index is 0.138. The molecule has 1 heterocycles. The lowest BCUT2D eigenvalue weighted by molar-refractivity contribution is -0.146. The molecule has 2 bridgehead atoms. The highest BCUT2D eigenvalue weighted by molar-refractivity contribution is 9.10. The lowest BCUT2D eigenvalue weighted by Crippen LogP contribution is -2.59. The molecule has 29 heavy (non-hydrogen) atoms. The highest BCUT2D eigenvalue weighted by Gasteiger charge is 2.64. The molecule has 1 saturated carbocycles. The topological polar surface area (TPSA) is 66.5 Å². The first-order valence-corrected chi connectivity index (χ1v) is 10.5. The Morgan fingerprint density at radius 2 is 1.79 bits per heavy atom. The van der Waals surface area contributed by atoms with Crippen LogP contribution in [0.3, 0.4) is 0 Å². The number of carbonyl (C=O) groups is 3. The molecule has 2 aromatic carbocycles. The molecule has 0 radical (unpaired) electrons. The number of imide groups is 1. The van der Waals surface area contributed by atoms with Crippen molar-refractivity contribution >= 4 is 45.0 Å². The molecule has 0 spiro atoms. The third-order valence-corrected chi connectivity index (χ3v) is 7.38. The predicted molar refractivity (Wildman–Crippen MR) is 116 cm³/mol. The second-order valence-electron chi connectivity index (χ2n) is 8.64. The first-order chi connectivity index (χ1) is 13.6. The van der Waals surface area contributed by atoms with Crippen LogP contribution in [-0.2, 0) is 9.59 Å². The lowest BCUT2D eigenvalue weighted by atomic mass is 9.62. The Hall–Kier alpha value is -2.47. The molecule has 1 aliphatic heterocycles. The maximum atomic E-state index is 13.2. The summed E-state index contributed by atoms with van der Waals surface area (Å²) < 4.78 is 0.874. The fraction of sp³-hybridized carbons (Fsp3) is 0.348. The summed E-state index contributed by atoms with van der Waals surface area (Å²) in [7, 11) is 0. The summed E-state index contributed by atoms with van der Waals surface area (Å²) in [5.41, 5.74) is 0.762. The standard InChI is InChI=1S/C23H23BrN2O3/c1-22(2)18-11-12-23(22,3)21(29)26(20(18)28)17-9-7-14(8-10-17)19(27)25-16-6-4-5-15(24)13-16/h4-10,13,18H,11-12H2,1-3H3,(H,25,27)/t18-,23+/m0/s1. The van der Waals surface area contributed by atoms with Crippen molar-refractivity contribution in [3.05, 3.63) is 58.6 Å². The van der Waals surface area contributed by atoms with E-state index in [9.17, 15) is 14.4 Å². The second kappa shape index (κ2) is 6.80. The molecule has 0 aromatic heterocycles. The number of anilines is 2. The normalized spacial score (nSPS) is 25.2. The van der Waals surface area contributed by atoms with Gasteiger partial charge in [0, 0.05) is 21.6 Å². The van der Waals surface area contributed by atoms with E-state index >= 15 is 0 Å². The lowest BCUT2D eigenvalue weighted by Gasteiger charge is -2.47. The molecule has 2 atom stereocenters. The minimum atomic E-state index is -0.553. The van der Waals surface area contributed by atoms with Gasteiger partial charge in [-0.15, -0.1) is 0 Å². The summed E-state index contributed by atoms with van der Waals surface area (Å²) in [5, 5.41) is 2.84. The number of carbonyl (C=O) groups excluding carboxylic acids is 3. The van der Waals surface area contributed by atoms with Gasteiger partial charge in [-0.05, 0) is 60.7 Å². The van der Waals surface area contributed by atoms with Crippen LogP contribution in [0.1, 0.15) is 44.0 Å². The Labute approximate surface area is 178 Å². The monoisotopic (exact) mass is 454 g/mol. The first-order valence-electron chi connectivity index (χ1n) is 9.70. The number of halogens is 1. The van der Waals surface area contributed by atoms with Crippen LogP contribution in [0.25, 0.3) is 0 Å². The van der Waals surface area contributed by atoms with Crippen LogP contribution in [0, 0.1) is 16.7 Å². The summed E-state index contributed by atoms with van der Waals surface area (Å²) in [6.07, 6.45) is 1.45. The Morgan fingerprint density at radius 1 is 1.10 bits per heavy atom. The van der Waals surface area contributed by atoms with E-state index in [1.165, 1.54) is 4.90 Å². The number of amides is 3. The molecule has 4 rings (SSSR count). The Morgan fingerprint density at radius 3 is 2.45 bits per heavy atom. The van der Waals surface area contributed by atoms with Crippen LogP contribution < -0.4 is 10.2 Å². The van der Waals surface area contributed by atoms with Crippen molar-refractivity contribution < 1.29 is 14.4 Å².